The van der Waals surface area contributed by atoms with Crippen LogP contribution in [0.5, 0.6) is 0 Å². The lowest BCUT2D eigenvalue weighted by molar-refractivity contribution is -0.538. The summed E-state index contributed by atoms with van der Waals surface area (Å²) in [6, 6.07) is 27.2. The molecular weight excluding hydrogens is 370 g/mol. The van der Waals surface area contributed by atoms with Crippen LogP contribution in [-0.4, -0.2) is 33.4 Å². The van der Waals surface area contributed by atoms with Crippen molar-refractivity contribution in [3.63, 3.8) is 0 Å². The molecule has 3 aromatic carbocycles. The number of hydrogen-bond acceptors (Lipinski definition) is 4. The fourth-order valence-electron chi connectivity index (χ4n) is 3.45. The molecule has 3 aromatic rings. The number of nitrogens with two attached hydrogens (primary N) is 1. The molecule has 3 rings (SSSR count). The number of hydrazone groups is 1. The topological polar surface area (TPSA) is 47.5 Å². The van der Waals surface area contributed by atoms with Crippen LogP contribution in [0.4, 0.5) is 22.7 Å². The summed E-state index contributed by atoms with van der Waals surface area (Å²) < 4.78 is 0. The summed E-state index contributed by atoms with van der Waals surface area (Å²) in [6.07, 6.45) is 0. The SMILES string of the molecule is C[NH2+]c1ccccc1N(C)C/C(C)=N/N(C)c1ccc(NCc2ccccc2)cc1. The zero-order valence-electron chi connectivity index (χ0n) is 18.3. The second-order valence-electron chi connectivity index (χ2n) is 7.45. The molecular formula is C25H32N5+. The van der Waals surface area contributed by atoms with E-state index < -0.39 is 0 Å². The van der Waals surface area contributed by atoms with E-state index >= 15 is 0 Å². The number of para-hydroxylation sites is 2. The van der Waals surface area contributed by atoms with Crippen LogP contribution in [-0.2, 0) is 6.54 Å². The summed E-state index contributed by atoms with van der Waals surface area (Å²) in [7, 11) is 6.16. The maximum absolute atomic E-state index is 4.77. The zero-order chi connectivity index (χ0) is 21.3. The number of nitrogens with one attached hydrogen (secondary N) is 1. The standard InChI is InChI=1S/C25H31N5/c1-20(19-29(3)25-13-9-8-12-24(25)26-2)28-30(4)23-16-14-22(15-17-23)27-18-21-10-6-5-7-11-21/h5-17,26-27H,18-19H2,1-4H3/p+1/b28-20+. The molecule has 0 amide bonds. The molecule has 156 valence electrons. The Hall–Kier alpha value is -3.31. The largest absolute Gasteiger partial charge is 0.381 e. The monoisotopic (exact) mass is 402 g/mol. The predicted molar refractivity (Wildman–Crippen MR) is 129 cm³/mol. The Morgan fingerprint density at radius 2 is 1.57 bits per heavy atom. The molecule has 0 saturated heterocycles. The Morgan fingerprint density at radius 3 is 2.27 bits per heavy atom. The van der Waals surface area contributed by atoms with Crippen LogP contribution in [0, 0.1) is 0 Å². The van der Waals surface area contributed by atoms with Crippen molar-refractivity contribution in [1.29, 1.82) is 0 Å². The van der Waals surface area contributed by atoms with Gasteiger partial charge in [0.1, 0.15) is 0 Å². The van der Waals surface area contributed by atoms with Crippen LogP contribution >= 0.6 is 0 Å². The lowest BCUT2D eigenvalue weighted by Crippen LogP contribution is -2.73. The van der Waals surface area contributed by atoms with Crippen LogP contribution in [0.1, 0.15) is 12.5 Å². The lowest BCUT2D eigenvalue weighted by Gasteiger charge is -2.22. The molecule has 30 heavy (non-hydrogen) atoms. The average Bonchev–Trinajstić information content (AvgIpc) is 2.78. The van der Waals surface area contributed by atoms with E-state index in [4.69, 9.17) is 5.10 Å². The Kier molecular flexibility index (Phi) is 7.46. The van der Waals surface area contributed by atoms with Crippen molar-refractivity contribution in [3.8, 4) is 0 Å². The molecule has 5 heteroatoms. The number of hydrogen-bond donors (Lipinski definition) is 2. The first-order valence-electron chi connectivity index (χ1n) is 10.3. The first kappa shape index (κ1) is 21.4. The van der Waals surface area contributed by atoms with E-state index in [2.05, 4.69) is 109 Å². The first-order chi connectivity index (χ1) is 14.6. The van der Waals surface area contributed by atoms with E-state index in [9.17, 15) is 0 Å². The highest BCUT2D eigenvalue weighted by Crippen LogP contribution is 2.21. The third kappa shape index (κ3) is 5.84. The Balaban J connectivity index is 1.58. The van der Waals surface area contributed by atoms with Gasteiger partial charge in [-0.25, -0.2) is 0 Å². The minimum atomic E-state index is 0.770. The average molecular weight is 403 g/mol. The molecule has 0 heterocycles. The van der Waals surface area contributed by atoms with Crippen molar-refractivity contribution in [1.82, 2.24) is 0 Å². The minimum absolute atomic E-state index is 0.770. The third-order valence-corrected chi connectivity index (χ3v) is 5.03. The van der Waals surface area contributed by atoms with Crippen LogP contribution in [0.25, 0.3) is 0 Å². The van der Waals surface area contributed by atoms with Gasteiger partial charge in [0.25, 0.3) is 0 Å². The molecule has 0 fully saturated rings. The molecule has 0 aliphatic heterocycles. The van der Waals surface area contributed by atoms with Gasteiger partial charge in [0, 0.05) is 32.4 Å². The van der Waals surface area contributed by atoms with Crippen molar-refractivity contribution in [2.45, 2.75) is 13.5 Å². The van der Waals surface area contributed by atoms with Gasteiger partial charge < -0.3 is 15.5 Å². The van der Waals surface area contributed by atoms with Crippen molar-refractivity contribution >= 4 is 28.5 Å². The van der Waals surface area contributed by atoms with Gasteiger partial charge in [-0.1, -0.05) is 42.5 Å². The lowest BCUT2D eigenvalue weighted by atomic mass is 10.2. The van der Waals surface area contributed by atoms with Gasteiger partial charge in [-0.15, -0.1) is 0 Å². The molecule has 0 aromatic heterocycles. The number of nitrogens with zero attached hydrogens (tertiary/aromatic N) is 3. The van der Waals surface area contributed by atoms with Crippen molar-refractivity contribution in [2.75, 3.05) is 42.9 Å². The molecule has 3 N–H and O–H groups in total. The van der Waals surface area contributed by atoms with Crippen molar-refractivity contribution in [3.05, 3.63) is 84.4 Å². The number of rotatable bonds is 9. The van der Waals surface area contributed by atoms with E-state index in [-0.39, 0.29) is 0 Å². The fourth-order valence-corrected chi connectivity index (χ4v) is 3.45. The van der Waals surface area contributed by atoms with Crippen LogP contribution in [0.15, 0.2) is 84.0 Å². The zero-order valence-corrected chi connectivity index (χ0v) is 18.3. The molecule has 0 saturated carbocycles. The van der Waals surface area contributed by atoms with Crippen molar-refractivity contribution < 1.29 is 5.32 Å². The van der Waals surface area contributed by atoms with E-state index in [1.54, 1.807) is 0 Å². The van der Waals surface area contributed by atoms with Gasteiger partial charge in [0.2, 0.25) is 0 Å². The number of quaternary nitrogens is 1. The minimum Gasteiger partial charge on any atom is -0.381 e. The molecule has 0 aliphatic rings. The molecule has 0 aliphatic carbocycles. The van der Waals surface area contributed by atoms with Crippen molar-refractivity contribution in [2.24, 2.45) is 5.10 Å². The van der Waals surface area contributed by atoms with E-state index in [0.29, 0.717) is 0 Å². The molecule has 0 unspecified atom stereocenters. The van der Waals surface area contributed by atoms with E-state index in [0.717, 1.165) is 30.2 Å². The highest BCUT2D eigenvalue weighted by atomic mass is 15.4. The van der Waals surface area contributed by atoms with Gasteiger partial charge in [-0.3, -0.25) is 5.01 Å². The summed E-state index contributed by atoms with van der Waals surface area (Å²) in [4.78, 5) is 2.23. The second kappa shape index (κ2) is 10.5. The summed E-state index contributed by atoms with van der Waals surface area (Å²) in [6.45, 7) is 3.66. The van der Waals surface area contributed by atoms with Crippen LogP contribution in [0.2, 0.25) is 0 Å². The molecule has 0 radical (unpaired) electrons. The quantitative estimate of drug-likeness (QED) is 0.322. The molecule has 0 atom stereocenters. The second-order valence-corrected chi connectivity index (χ2v) is 7.45. The molecule has 5 nitrogen and oxygen atoms in total. The van der Waals surface area contributed by atoms with Gasteiger partial charge in [0.05, 0.1) is 30.7 Å². The predicted octanol–water partition coefficient (Wildman–Crippen LogP) is 4.07. The summed E-state index contributed by atoms with van der Waals surface area (Å²) in [5.41, 5.74) is 6.93. The normalized spacial score (nSPS) is 11.3. The highest BCUT2D eigenvalue weighted by Gasteiger charge is 2.10. The van der Waals surface area contributed by atoms with Gasteiger partial charge in [0.15, 0.2) is 5.69 Å². The Bertz CT molecular complexity index is 951. The fraction of sp³-hybridized carbons (Fsp3) is 0.240. The van der Waals surface area contributed by atoms with E-state index in [1.165, 1.54) is 16.9 Å². The van der Waals surface area contributed by atoms with Crippen LogP contribution in [0.3, 0.4) is 0 Å². The molecule has 0 bridgehead atoms. The van der Waals surface area contributed by atoms with Gasteiger partial charge in [-0.05, 0) is 42.8 Å². The third-order valence-electron chi connectivity index (χ3n) is 5.03. The highest BCUT2D eigenvalue weighted by molar-refractivity contribution is 5.88. The summed E-state index contributed by atoms with van der Waals surface area (Å²) in [5.74, 6) is 0. The summed E-state index contributed by atoms with van der Waals surface area (Å²) in [5, 5.41) is 12.3. The first-order valence-corrected chi connectivity index (χ1v) is 10.3. The smallest absolute Gasteiger partial charge is 0.152 e. The number of benzene rings is 3. The maximum Gasteiger partial charge on any atom is 0.152 e. The van der Waals surface area contributed by atoms with E-state index in [1.807, 2.05) is 18.1 Å². The van der Waals surface area contributed by atoms with Crippen LogP contribution < -0.4 is 20.5 Å². The Morgan fingerprint density at radius 1 is 0.900 bits per heavy atom. The number of anilines is 3. The summed E-state index contributed by atoms with van der Waals surface area (Å²) >= 11 is 0. The Labute approximate surface area is 180 Å². The van der Waals surface area contributed by atoms with Gasteiger partial charge >= 0.3 is 0 Å². The molecule has 0 spiro atoms. The maximum atomic E-state index is 4.77. The van der Waals surface area contributed by atoms with Gasteiger partial charge in [-0.2, -0.15) is 5.10 Å².